The van der Waals surface area contributed by atoms with E-state index < -0.39 is 21.5 Å². The summed E-state index contributed by atoms with van der Waals surface area (Å²) in [5, 5.41) is 0. The van der Waals surface area contributed by atoms with Gasteiger partial charge in [-0.3, -0.25) is 4.79 Å². The van der Waals surface area contributed by atoms with Gasteiger partial charge in [0.05, 0.1) is 17.5 Å². The van der Waals surface area contributed by atoms with Crippen LogP contribution >= 0.6 is 0 Å². The predicted molar refractivity (Wildman–Crippen MR) is 112 cm³/mol. The van der Waals surface area contributed by atoms with Crippen molar-refractivity contribution in [2.45, 2.75) is 25.6 Å². The fraction of sp³-hybridized carbons (Fsp3) is 0.273. The molecule has 1 aromatic heterocycles. The van der Waals surface area contributed by atoms with Gasteiger partial charge in [-0.1, -0.05) is 48.5 Å². The number of oxazole rings is 1. The average Bonchev–Trinajstić information content (AvgIpc) is 3.07. The summed E-state index contributed by atoms with van der Waals surface area (Å²) in [6.45, 7) is 3.55. The van der Waals surface area contributed by atoms with Crippen LogP contribution in [0.5, 0.6) is 0 Å². The predicted octanol–water partition coefficient (Wildman–Crippen LogP) is 3.78. The van der Waals surface area contributed by atoms with E-state index in [1.54, 1.807) is 14.0 Å². The lowest BCUT2D eigenvalue weighted by Crippen LogP contribution is -2.35. The number of sulfone groups is 1. The van der Waals surface area contributed by atoms with E-state index in [-0.39, 0.29) is 11.8 Å². The Morgan fingerprint density at radius 2 is 1.66 bits per heavy atom. The third-order valence-corrected chi connectivity index (χ3v) is 6.27. The fourth-order valence-corrected chi connectivity index (χ4v) is 4.35. The van der Waals surface area contributed by atoms with Crippen LogP contribution in [0, 0.1) is 6.92 Å². The second-order valence-corrected chi connectivity index (χ2v) is 9.08. The lowest BCUT2D eigenvalue weighted by Gasteiger charge is -2.25. The monoisotopic (exact) mass is 412 g/mol. The number of aromatic nitrogens is 1. The quantitative estimate of drug-likeness (QED) is 0.590. The summed E-state index contributed by atoms with van der Waals surface area (Å²) in [5.41, 5.74) is 2.04. The van der Waals surface area contributed by atoms with Gasteiger partial charge in [-0.25, -0.2) is 13.4 Å². The van der Waals surface area contributed by atoms with Crippen LogP contribution in [0.3, 0.4) is 0 Å². The minimum absolute atomic E-state index is 0.225. The molecule has 1 amide bonds. The topological polar surface area (TPSA) is 80.5 Å². The van der Waals surface area contributed by atoms with Crippen LogP contribution in [0.15, 0.2) is 65.1 Å². The fourth-order valence-electron chi connectivity index (χ4n) is 2.99. The molecule has 0 N–H and O–H groups in total. The van der Waals surface area contributed by atoms with E-state index in [4.69, 9.17) is 4.42 Å². The molecule has 0 bridgehead atoms. The summed E-state index contributed by atoms with van der Waals surface area (Å²) >= 11 is 0. The van der Waals surface area contributed by atoms with E-state index in [0.29, 0.717) is 17.3 Å². The van der Waals surface area contributed by atoms with Crippen molar-refractivity contribution in [3.8, 4) is 11.5 Å². The molecule has 29 heavy (non-hydrogen) atoms. The smallest absolute Gasteiger partial charge is 0.238 e. The summed E-state index contributed by atoms with van der Waals surface area (Å²) in [4.78, 5) is 18.4. The van der Waals surface area contributed by atoms with Gasteiger partial charge in [0.2, 0.25) is 11.8 Å². The molecule has 0 aliphatic carbocycles. The lowest BCUT2D eigenvalue weighted by atomic mass is 10.1. The highest BCUT2D eigenvalue weighted by atomic mass is 32.2. The van der Waals surface area contributed by atoms with Crippen LogP contribution in [-0.2, 0) is 20.4 Å². The molecular weight excluding hydrogens is 388 g/mol. The van der Waals surface area contributed by atoms with E-state index in [1.165, 1.54) is 4.90 Å². The molecule has 1 heterocycles. The molecule has 0 aliphatic heterocycles. The summed E-state index contributed by atoms with van der Waals surface area (Å²) in [6.07, 6.45) is 0. The summed E-state index contributed by atoms with van der Waals surface area (Å²) < 4.78 is 30.9. The molecule has 0 radical (unpaired) electrons. The zero-order valence-electron chi connectivity index (χ0n) is 16.7. The molecule has 1 atom stereocenters. The van der Waals surface area contributed by atoms with Gasteiger partial charge in [0, 0.05) is 12.6 Å². The van der Waals surface area contributed by atoms with Crippen molar-refractivity contribution in [1.29, 1.82) is 0 Å². The van der Waals surface area contributed by atoms with Crippen molar-refractivity contribution in [1.82, 2.24) is 9.88 Å². The highest BCUT2D eigenvalue weighted by Gasteiger charge is 2.26. The van der Waals surface area contributed by atoms with Gasteiger partial charge in [0.25, 0.3) is 0 Å². The molecule has 3 aromatic rings. The van der Waals surface area contributed by atoms with Crippen molar-refractivity contribution in [2.24, 2.45) is 0 Å². The highest BCUT2D eigenvalue weighted by Crippen LogP contribution is 2.23. The Bertz CT molecular complexity index is 1080. The second-order valence-electron chi connectivity index (χ2n) is 7.01. The molecule has 2 aromatic carbocycles. The number of hydrogen-bond acceptors (Lipinski definition) is 5. The van der Waals surface area contributed by atoms with E-state index >= 15 is 0 Å². The Morgan fingerprint density at radius 3 is 2.28 bits per heavy atom. The van der Waals surface area contributed by atoms with Crippen molar-refractivity contribution >= 4 is 15.7 Å². The van der Waals surface area contributed by atoms with E-state index in [0.717, 1.165) is 11.1 Å². The summed E-state index contributed by atoms with van der Waals surface area (Å²) in [6, 6.07) is 18.5. The molecule has 0 spiro atoms. The molecule has 0 aliphatic rings. The number of nitrogens with zero attached hydrogens (tertiary/aromatic N) is 2. The standard InChI is InChI=1S/C22H24N2O4S/c1-16(18-10-6-4-7-11-18)24(3)21(25)15-29(26,27)14-20-17(2)28-22(23-20)19-12-8-5-9-13-19/h4-13,16H,14-15H2,1-3H3. The van der Waals surface area contributed by atoms with E-state index in [2.05, 4.69) is 4.98 Å². The van der Waals surface area contributed by atoms with Crippen molar-refractivity contribution < 1.29 is 17.6 Å². The molecule has 6 nitrogen and oxygen atoms in total. The summed E-state index contributed by atoms with van der Waals surface area (Å²) in [5.74, 6) is -0.562. The molecule has 152 valence electrons. The van der Waals surface area contributed by atoms with Gasteiger partial charge >= 0.3 is 0 Å². The zero-order chi connectivity index (χ0) is 21.0. The highest BCUT2D eigenvalue weighted by molar-refractivity contribution is 7.91. The zero-order valence-corrected chi connectivity index (χ0v) is 17.5. The molecule has 0 saturated heterocycles. The number of benzene rings is 2. The first-order valence-electron chi connectivity index (χ1n) is 9.29. The lowest BCUT2D eigenvalue weighted by molar-refractivity contribution is -0.129. The van der Waals surface area contributed by atoms with Gasteiger partial charge < -0.3 is 9.32 Å². The third kappa shape index (κ3) is 5.12. The van der Waals surface area contributed by atoms with Gasteiger partial charge in [-0.05, 0) is 31.5 Å². The molecule has 1 unspecified atom stereocenters. The number of carbonyl (C=O) groups excluding carboxylic acids is 1. The Hall–Kier alpha value is -2.93. The maximum atomic E-state index is 12.6. The Balaban J connectivity index is 1.70. The first-order chi connectivity index (χ1) is 13.8. The number of carbonyl (C=O) groups is 1. The van der Waals surface area contributed by atoms with Gasteiger partial charge in [-0.2, -0.15) is 0 Å². The minimum atomic E-state index is -3.70. The summed E-state index contributed by atoms with van der Waals surface area (Å²) in [7, 11) is -2.08. The van der Waals surface area contributed by atoms with Crippen LogP contribution in [0.4, 0.5) is 0 Å². The van der Waals surface area contributed by atoms with E-state index in [9.17, 15) is 13.2 Å². The second kappa shape index (κ2) is 8.61. The number of amides is 1. The normalized spacial score (nSPS) is 12.5. The van der Waals surface area contributed by atoms with Crippen LogP contribution in [0.2, 0.25) is 0 Å². The Labute approximate surface area is 171 Å². The number of rotatable bonds is 7. The maximum Gasteiger partial charge on any atom is 0.238 e. The molecule has 3 rings (SSSR count). The van der Waals surface area contributed by atoms with Crippen LogP contribution in [0.1, 0.15) is 30.0 Å². The molecular formula is C22H24N2O4S. The molecule has 0 fully saturated rings. The average molecular weight is 413 g/mol. The number of hydrogen-bond donors (Lipinski definition) is 0. The van der Waals surface area contributed by atoms with Crippen molar-refractivity contribution in [3.05, 3.63) is 77.7 Å². The first-order valence-corrected chi connectivity index (χ1v) is 11.1. The third-order valence-electron chi connectivity index (χ3n) is 4.87. The number of aryl methyl sites for hydroxylation is 1. The first kappa shape index (κ1) is 20.8. The Morgan fingerprint density at radius 1 is 1.07 bits per heavy atom. The SMILES string of the molecule is Cc1oc(-c2ccccc2)nc1CS(=O)(=O)CC(=O)N(C)C(C)c1ccccc1. The van der Waals surface area contributed by atoms with Gasteiger partial charge in [0.1, 0.15) is 11.5 Å². The van der Waals surface area contributed by atoms with Gasteiger partial charge in [0.15, 0.2) is 9.84 Å². The van der Waals surface area contributed by atoms with Crippen LogP contribution in [-0.4, -0.2) is 37.0 Å². The molecule has 0 saturated carbocycles. The van der Waals surface area contributed by atoms with E-state index in [1.807, 2.05) is 67.6 Å². The van der Waals surface area contributed by atoms with Crippen molar-refractivity contribution in [3.63, 3.8) is 0 Å². The van der Waals surface area contributed by atoms with Crippen LogP contribution in [0.25, 0.3) is 11.5 Å². The van der Waals surface area contributed by atoms with Crippen LogP contribution < -0.4 is 0 Å². The molecule has 7 heteroatoms. The minimum Gasteiger partial charge on any atom is -0.441 e. The van der Waals surface area contributed by atoms with Gasteiger partial charge in [-0.15, -0.1) is 0 Å². The maximum absolute atomic E-state index is 12.6. The Kier molecular flexibility index (Phi) is 6.17. The largest absolute Gasteiger partial charge is 0.441 e. The van der Waals surface area contributed by atoms with Crippen molar-refractivity contribution in [2.75, 3.05) is 12.8 Å².